The molecule has 0 unspecified atom stereocenters. The number of rotatable bonds is 0. The van der Waals surface area contributed by atoms with Gasteiger partial charge in [0.15, 0.2) is 5.65 Å². The molecule has 0 saturated carbocycles. The van der Waals surface area contributed by atoms with E-state index in [4.69, 9.17) is 5.26 Å². The fourth-order valence-electron chi connectivity index (χ4n) is 1.56. The molecule has 5 heteroatoms. The third kappa shape index (κ3) is 1.39. The lowest BCUT2D eigenvalue weighted by Gasteiger charge is -2.16. The molecule has 16 heavy (non-hydrogen) atoms. The van der Waals surface area contributed by atoms with Crippen LogP contribution in [0.1, 0.15) is 31.9 Å². The van der Waals surface area contributed by atoms with Gasteiger partial charge in [-0.05, 0) is 5.41 Å². The van der Waals surface area contributed by atoms with Crippen molar-refractivity contribution in [2.45, 2.75) is 26.2 Å². The van der Waals surface area contributed by atoms with Gasteiger partial charge in [0.1, 0.15) is 11.6 Å². The quantitative estimate of drug-likeness (QED) is 0.718. The molecular weight excluding hydrogens is 204 g/mol. The lowest BCUT2D eigenvalue weighted by atomic mass is 9.89. The zero-order valence-corrected chi connectivity index (χ0v) is 9.40. The van der Waals surface area contributed by atoms with Crippen LogP contribution in [0.5, 0.6) is 0 Å². The summed E-state index contributed by atoms with van der Waals surface area (Å²) in [5.74, 6) is 0. The number of hydrogen-bond donors (Lipinski definition) is 1. The number of aromatic nitrogens is 3. The van der Waals surface area contributed by atoms with E-state index < -0.39 is 0 Å². The van der Waals surface area contributed by atoms with E-state index in [1.807, 2.05) is 26.8 Å². The third-order valence-electron chi connectivity index (χ3n) is 2.47. The van der Waals surface area contributed by atoms with Crippen LogP contribution in [0.25, 0.3) is 5.65 Å². The van der Waals surface area contributed by atoms with Gasteiger partial charge in [-0.1, -0.05) is 20.8 Å². The molecule has 0 bridgehead atoms. The molecule has 0 saturated heterocycles. The number of nitriles is 1. The minimum absolute atomic E-state index is 0.154. The molecule has 2 aromatic heterocycles. The van der Waals surface area contributed by atoms with E-state index in [-0.39, 0.29) is 11.0 Å². The van der Waals surface area contributed by atoms with Crippen LogP contribution in [0, 0.1) is 11.3 Å². The lowest BCUT2D eigenvalue weighted by molar-refractivity contribution is 0.573. The Morgan fingerprint density at radius 1 is 1.50 bits per heavy atom. The van der Waals surface area contributed by atoms with Gasteiger partial charge in [0.25, 0.3) is 5.56 Å². The van der Waals surface area contributed by atoms with Crippen molar-refractivity contribution < 1.29 is 0 Å². The summed E-state index contributed by atoms with van der Waals surface area (Å²) < 4.78 is 1.30. The highest BCUT2D eigenvalue weighted by atomic mass is 16.1. The van der Waals surface area contributed by atoms with E-state index >= 15 is 0 Å². The molecule has 0 spiro atoms. The van der Waals surface area contributed by atoms with Crippen LogP contribution in [-0.2, 0) is 5.41 Å². The summed E-state index contributed by atoms with van der Waals surface area (Å²) in [6.07, 6.45) is 3.03. The van der Waals surface area contributed by atoms with Crippen LogP contribution in [-0.4, -0.2) is 14.6 Å². The maximum Gasteiger partial charge on any atom is 0.276 e. The molecule has 2 aromatic rings. The van der Waals surface area contributed by atoms with Gasteiger partial charge in [0.05, 0.1) is 0 Å². The molecule has 0 amide bonds. The van der Waals surface area contributed by atoms with Crippen molar-refractivity contribution in [2.75, 3.05) is 0 Å². The Kier molecular flexibility index (Phi) is 2.09. The second-order valence-corrected chi connectivity index (χ2v) is 4.68. The topological polar surface area (TPSA) is 73.9 Å². The first kappa shape index (κ1) is 10.4. The van der Waals surface area contributed by atoms with Gasteiger partial charge in [0.2, 0.25) is 0 Å². The average molecular weight is 216 g/mol. The van der Waals surface area contributed by atoms with Crippen molar-refractivity contribution >= 4 is 5.65 Å². The molecule has 82 valence electrons. The van der Waals surface area contributed by atoms with Crippen LogP contribution in [0.15, 0.2) is 17.2 Å². The fourth-order valence-corrected chi connectivity index (χ4v) is 1.56. The molecule has 0 radical (unpaired) electrons. The highest BCUT2D eigenvalue weighted by molar-refractivity contribution is 5.53. The van der Waals surface area contributed by atoms with Crippen molar-refractivity contribution in [3.05, 3.63) is 33.9 Å². The number of H-pyrrole nitrogens is 1. The van der Waals surface area contributed by atoms with Crippen LogP contribution >= 0.6 is 0 Å². The summed E-state index contributed by atoms with van der Waals surface area (Å²) in [4.78, 5) is 16.2. The maximum absolute atomic E-state index is 12.1. The smallest absolute Gasteiger partial charge is 0.276 e. The Hall–Kier alpha value is -2.09. The second kappa shape index (κ2) is 3.20. The van der Waals surface area contributed by atoms with Gasteiger partial charge in [-0.15, -0.1) is 0 Å². The minimum Gasteiger partial charge on any atom is -0.295 e. The predicted octanol–water partition coefficient (Wildman–Crippen LogP) is 1.19. The first-order valence-electron chi connectivity index (χ1n) is 4.95. The van der Waals surface area contributed by atoms with E-state index in [1.165, 1.54) is 10.7 Å². The van der Waals surface area contributed by atoms with Gasteiger partial charge < -0.3 is 0 Å². The zero-order valence-electron chi connectivity index (χ0n) is 9.40. The molecule has 0 aliphatic heterocycles. The second-order valence-electron chi connectivity index (χ2n) is 4.68. The molecule has 1 N–H and O–H groups in total. The highest BCUT2D eigenvalue weighted by Crippen LogP contribution is 2.18. The average Bonchev–Trinajstić information content (AvgIpc) is 2.60. The Morgan fingerprint density at radius 3 is 2.75 bits per heavy atom. The van der Waals surface area contributed by atoms with Crippen molar-refractivity contribution in [3.8, 4) is 6.07 Å². The van der Waals surface area contributed by atoms with Gasteiger partial charge in [-0.3, -0.25) is 9.89 Å². The van der Waals surface area contributed by atoms with Crippen molar-refractivity contribution in [3.63, 3.8) is 0 Å². The zero-order chi connectivity index (χ0) is 11.9. The third-order valence-corrected chi connectivity index (χ3v) is 2.47. The van der Waals surface area contributed by atoms with Gasteiger partial charge >= 0.3 is 0 Å². The molecule has 0 atom stereocenters. The van der Waals surface area contributed by atoms with E-state index in [9.17, 15) is 4.79 Å². The monoisotopic (exact) mass is 216 g/mol. The van der Waals surface area contributed by atoms with Crippen LogP contribution in [0.3, 0.4) is 0 Å². The van der Waals surface area contributed by atoms with E-state index in [0.29, 0.717) is 16.8 Å². The van der Waals surface area contributed by atoms with E-state index in [1.54, 1.807) is 6.20 Å². The molecule has 2 rings (SSSR count). The van der Waals surface area contributed by atoms with Gasteiger partial charge in [-0.25, -0.2) is 9.50 Å². The van der Waals surface area contributed by atoms with E-state index in [0.717, 1.165) is 0 Å². The van der Waals surface area contributed by atoms with Crippen LogP contribution in [0.4, 0.5) is 0 Å². The Balaban J connectivity index is 2.84. The Morgan fingerprint density at radius 2 is 2.19 bits per heavy atom. The summed E-state index contributed by atoms with van der Waals surface area (Å²) in [5.41, 5.74) is 0.955. The predicted molar refractivity (Wildman–Crippen MR) is 59.2 cm³/mol. The van der Waals surface area contributed by atoms with E-state index in [2.05, 4.69) is 10.1 Å². The largest absolute Gasteiger partial charge is 0.295 e. The molecular formula is C11H12N4O. The summed E-state index contributed by atoms with van der Waals surface area (Å²) in [7, 11) is 0. The molecule has 2 heterocycles. The minimum atomic E-state index is -0.261. The maximum atomic E-state index is 12.1. The first-order valence-corrected chi connectivity index (χ1v) is 4.95. The van der Waals surface area contributed by atoms with Gasteiger partial charge in [0, 0.05) is 18.0 Å². The summed E-state index contributed by atoms with van der Waals surface area (Å²) in [6, 6.07) is 1.98. The number of fused-ring (bicyclic) bond motifs is 1. The SMILES string of the molecule is CC(C)(C)c1cnc2c(C#N)c[nH]n2c1=O. The standard InChI is InChI=1S/C11H12N4O/c1-11(2,3)8-6-13-9-7(4-12)5-14-15(9)10(8)16/h5-6,14H,1-3H3. The van der Waals surface area contributed by atoms with Crippen LogP contribution < -0.4 is 5.56 Å². The van der Waals surface area contributed by atoms with Crippen molar-refractivity contribution in [1.29, 1.82) is 5.26 Å². The van der Waals surface area contributed by atoms with Crippen LogP contribution in [0.2, 0.25) is 0 Å². The Labute approximate surface area is 92.3 Å². The summed E-state index contributed by atoms with van der Waals surface area (Å²) >= 11 is 0. The Bertz CT molecular complexity index is 637. The molecule has 0 aromatic carbocycles. The van der Waals surface area contributed by atoms with Crippen molar-refractivity contribution in [2.24, 2.45) is 0 Å². The summed E-state index contributed by atoms with van der Waals surface area (Å²) in [5, 5.41) is 11.6. The number of nitrogens with one attached hydrogen (secondary N) is 1. The lowest BCUT2D eigenvalue weighted by Crippen LogP contribution is -2.28. The summed E-state index contributed by atoms with van der Waals surface area (Å²) in [6.45, 7) is 5.85. The molecule has 5 nitrogen and oxygen atoms in total. The van der Waals surface area contributed by atoms with Gasteiger partial charge in [-0.2, -0.15) is 5.26 Å². The normalized spacial score (nSPS) is 11.6. The first-order chi connectivity index (χ1) is 7.45. The number of nitrogens with zero attached hydrogens (tertiary/aromatic N) is 3. The molecule has 0 fully saturated rings. The molecule has 0 aliphatic carbocycles. The molecule has 0 aliphatic rings. The fraction of sp³-hybridized carbons (Fsp3) is 0.364. The number of hydrogen-bond acceptors (Lipinski definition) is 3. The number of aromatic amines is 1. The highest BCUT2D eigenvalue weighted by Gasteiger charge is 2.20. The van der Waals surface area contributed by atoms with Crippen molar-refractivity contribution in [1.82, 2.24) is 14.6 Å².